The van der Waals surface area contributed by atoms with E-state index < -0.39 is 23.5 Å². The summed E-state index contributed by atoms with van der Waals surface area (Å²) < 4.78 is 40.8. The molecule has 2 heterocycles. The van der Waals surface area contributed by atoms with Crippen LogP contribution in [0.25, 0.3) is 0 Å². The van der Waals surface area contributed by atoms with Gasteiger partial charge in [-0.1, -0.05) is 12.6 Å². The molecule has 0 saturated heterocycles. The Bertz CT molecular complexity index is 1240. The monoisotopic (exact) mass is 444 g/mol. The number of aryl methyl sites for hydroxylation is 2. The molecule has 0 atom stereocenters. The zero-order valence-corrected chi connectivity index (χ0v) is 17.1. The second-order valence-electron chi connectivity index (χ2n) is 6.84. The lowest BCUT2D eigenvalue weighted by Crippen LogP contribution is -2.14. The summed E-state index contributed by atoms with van der Waals surface area (Å²) in [5.41, 5.74) is 0.794. The lowest BCUT2D eigenvalue weighted by molar-refractivity contribution is -0.137. The summed E-state index contributed by atoms with van der Waals surface area (Å²) >= 11 is 0. The fourth-order valence-electron chi connectivity index (χ4n) is 2.75. The molecule has 0 bridgehead atoms. The minimum absolute atomic E-state index is 0.126. The molecule has 1 aromatic carbocycles. The van der Waals surface area contributed by atoms with E-state index in [4.69, 9.17) is 0 Å². The van der Waals surface area contributed by atoms with Crippen LogP contribution in [0.5, 0.6) is 0 Å². The van der Waals surface area contributed by atoms with Gasteiger partial charge in [0.15, 0.2) is 0 Å². The number of alkyl halides is 3. The SMILES string of the molecule is C=CC(=O)Nc1cc(C)ccc1Nc1nc(Nc2c[nH]c(=O)cc2C)ncc1C(F)(F)F. The molecule has 1 amide bonds. The maximum atomic E-state index is 13.6. The molecule has 32 heavy (non-hydrogen) atoms. The summed E-state index contributed by atoms with van der Waals surface area (Å²) in [7, 11) is 0. The van der Waals surface area contributed by atoms with Crippen molar-refractivity contribution in [2.45, 2.75) is 20.0 Å². The maximum Gasteiger partial charge on any atom is 0.421 e. The summed E-state index contributed by atoms with van der Waals surface area (Å²) in [6.07, 6.45) is -1.67. The van der Waals surface area contributed by atoms with Gasteiger partial charge in [0.2, 0.25) is 17.4 Å². The number of nitrogens with zero attached hydrogens (tertiary/aromatic N) is 2. The second-order valence-corrected chi connectivity index (χ2v) is 6.84. The van der Waals surface area contributed by atoms with Gasteiger partial charge in [-0.15, -0.1) is 0 Å². The van der Waals surface area contributed by atoms with Crippen molar-refractivity contribution in [3.05, 3.63) is 76.4 Å². The third-order valence-corrected chi connectivity index (χ3v) is 4.34. The number of aromatic amines is 1. The molecule has 3 rings (SSSR count). The molecule has 0 fully saturated rings. The molecule has 0 saturated carbocycles. The highest BCUT2D eigenvalue weighted by Crippen LogP contribution is 2.37. The number of carbonyl (C=O) groups excluding carboxylic acids is 1. The number of anilines is 5. The van der Waals surface area contributed by atoms with Crippen molar-refractivity contribution in [3.8, 4) is 0 Å². The first-order valence-corrected chi connectivity index (χ1v) is 9.28. The zero-order valence-electron chi connectivity index (χ0n) is 17.1. The molecular formula is C21H19F3N6O2. The molecule has 0 aliphatic rings. The fraction of sp³-hybridized carbons (Fsp3) is 0.143. The predicted octanol–water partition coefficient (Wildman–Crippen LogP) is 4.41. The quantitative estimate of drug-likeness (QED) is 0.419. The molecule has 2 aromatic heterocycles. The summed E-state index contributed by atoms with van der Waals surface area (Å²) in [4.78, 5) is 33.3. The number of hydrogen-bond acceptors (Lipinski definition) is 6. The molecule has 4 N–H and O–H groups in total. The molecule has 8 nitrogen and oxygen atoms in total. The van der Waals surface area contributed by atoms with Gasteiger partial charge in [-0.3, -0.25) is 9.59 Å². The van der Waals surface area contributed by atoms with E-state index in [0.29, 0.717) is 17.4 Å². The van der Waals surface area contributed by atoms with Crippen molar-refractivity contribution in [2.24, 2.45) is 0 Å². The number of rotatable bonds is 6. The Hall–Kier alpha value is -4.15. The first-order valence-electron chi connectivity index (χ1n) is 9.28. The predicted molar refractivity (Wildman–Crippen MR) is 115 cm³/mol. The van der Waals surface area contributed by atoms with Crippen molar-refractivity contribution in [1.82, 2.24) is 15.0 Å². The molecule has 3 aromatic rings. The Balaban J connectivity index is 2.02. The highest BCUT2D eigenvalue weighted by molar-refractivity contribution is 6.01. The van der Waals surface area contributed by atoms with E-state index in [9.17, 15) is 22.8 Å². The van der Waals surface area contributed by atoms with Gasteiger partial charge in [-0.05, 0) is 43.2 Å². The number of hydrogen-bond donors (Lipinski definition) is 4. The Morgan fingerprint density at radius 2 is 1.88 bits per heavy atom. The number of benzene rings is 1. The van der Waals surface area contributed by atoms with Crippen LogP contribution >= 0.6 is 0 Å². The Labute approximate surface area is 180 Å². The van der Waals surface area contributed by atoms with Gasteiger partial charge in [-0.2, -0.15) is 18.2 Å². The molecule has 0 aliphatic heterocycles. The van der Waals surface area contributed by atoms with Crippen LogP contribution in [0.3, 0.4) is 0 Å². The normalized spacial score (nSPS) is 11.0. The van der Waals surface area contributed by atoms with Crippen LogP contribution in [-0.4, -0.2) is 20.9 Å². The van der Waals surface area contributed by atoms with E-state index in [1.165, 1.54) is 18.3 Å². The van der Waals surface area contributed by atoms with E-state index in [-0.39, 0.29) is 22.9 Å². The minimum atomic E-state index is -4.73. The van der Waals surface area contributed by atoms with Crippen LogP contribution in [-0.2, 0) is 11.0 Å². The lowest BCUT2D eigenvalue weighted by atomic mass is 10.1. The van der Waals surface area contributed by atoms with Crippen molar-refractivity contribution in [1.29, 1.82) is 0 Å². The van der Waals surface area contributed by atoms with E-state index >= 15 is 0 Å². The van der Waals surface area contributed by atoms with Crippen molar-refractivity contribution in [2.75, 3.05) is 16.0 Å². The van der Waals surface area contributed by atoms with Gasteiger partial charge >= 0.3 is 6.18 Å². The second kappa shape index (κ2) is 8.92. The average molecular weight is 444 g/mol. The summed E-state index contributed by atoms with van der Waals surface area (Å²) in [6, 6.07) is 6.12. The summed E-state index contributed by atoms with van der Waals surface area (Å²) in [6.45, 7) is 6.80. The third kappa shape index (κ3) is 5.31. The highest BCUT2D eigenvalue weighted by atomic mass is 19.4. The van der Waals surface area contributed by atoms with Crippen molar-refractivity contribution < 1.29 is 18.0 Å². The Kier molecular flexibility index (Phi) is 6.28. The van der Waals surface area contributed by atoms with Gasteiger partial charge < -0.3 is 20.9 Å². The Morgan fingerprint density at radius 1 is 1.12 bits per heavy atom. The molecule has 0 aliphatic carbocycles. The third-order valence-electron chi connectivity index (χ3n) is 4.34. The van der Waals surface area contributed by atoms with Gasteiger partial charge in [0.05, 0.1) is 17.1 Å². The average Bonchev–Trinajstić information content (AvgIpc) is 2.71. The van der Waals surface area contributed by atoms with Crippen molar-refractivity contribution in [3.63, 3.8) is 0 Å². The van der Waals surface area contributed by atoms with Crippen LogP contribution < -0.4 is 21.5 Å². The van der Waals surface area contributed by atoms with E-state index in [1.807, 2.05) is 0 Å². The zero-order chi connectivity index (χ0) is 23.5. The molecule has 0 spiro atoms. The minimum Gasteiger partial charge on any atom is -0.338 e. The van der Waals surface area contributed by atoms with Gasteiger partial charge in [-0.25, -0.2) is 4.98 Å². The number of pyridine rings is 1. The first kappa shape index (κ1) is 22.5. The van der Waals surface area contributed by atoms with Crippen LogP contribution in [0.15, 0.2) is 54.1 Å². The van der Waals surface area contributed by atoms with Crippen LogP contribution in [0.4, 0.5) is 42.0 Å². The molecule has 11 heteroatoms. The van der Waals surface area contributed by atoms with Gasteiger partial charge in [0.1, 0.15) is 11.4 Å². The number of aromatic nitrogens is 3. The summed E-state index contributed by atoms with van der Waals surface area (Å²) in [5.74, 6) is -1.16. The number of H-pyrrole nitrogens is 1. The fourth-order valence-corrected chi connectivity index (χ4v) is 2.75. The van der Waals surface area contributed by atoms with Crippen LogP contribution in [0.1, 0.15) is 16.7 Å². The summed E-state index contributed by atoms with van der Waals surface area (Å²) in [5, 5.41) is 7.98. The van der Waals surface area contributed by atoms with Gasteiger partial charge in [0, 0.05) is 18.5 Å². The number of halogens is 3. The smallest absolute Gasteiger partial charge is 0.338 e. The molecule has 166 valence electrons. The van der Waals surface area contributed by atoms with E-state index in [1.54, 1.807) is 26.0 Å². The number of nitrogens with one attached hydrogen (secondary N) is 4. The van der Waals surface area contributed by atoms with E-state index in [0.717, 1.165) is 11.6 Å². The highest BCUT2D eigenvalue weighted by Gasteiger charge is 2.35. The molecular weight excluding hydrogens is 425 g/mol. The molecule has 0 unspecified atom stereocenters. The first-order chi connectivity index (χ1) is 15.1. The largest absolute Gasteiger partial charge is 0.421 e. The van der Waals surface area contributed by atoms with Crippen LogP contribution in [0.2, 0.25) is 0 Å². The maximum absolute atomic E-state index is 13.6. The van der Waals surface area contributed by atoms with Gasteiger partial charge in [0.25, 0.3) is 0 Å². The lowest BCUT2D eigenvalue weighted by Gasteiger charge is -2.17. The number of amides is 1. The molecule has 0 radical (unpaired) electrons. The topological polar surface area (TPSA) is 112 Å². The standard InChI is InChI=1S/C21H19F3N6O2/c1-4-17(31)27-15-7-11(2)5-6-14(15)28-19-13(21(22,23)24)9-26-20(30-19)29-16-10-25-18(32)8-12(16)3/h4-10H,1H2,2-3H3,(H,25,32)(H,27,31)(H2,26,28,29,30). The number of carbonyl (C=O) groups is 1. The Morgan fingerprint density at radius 3 is 2.53 bits per heavy atom. The van der Waals surface area contributed by atoms with Crippen LogP contribution in [0, 0.1) is 13.8 Å². The van der Waals surface area contributed by atoms with Crippen molar-refractivity contribution >= 4 is 34.7 Å². The van der Waals surface area contributed by atoms with E-state index in [2.05, 4.69) is 37.5 Å².